The van der Waals surface area contributed by atoms with Crippen LogP contribution in [0.25, 0.3) is 0 Å². The molecule has 0 amide bonds. The fourth-order valence-electron chi connectivity index (χ4n) is 2.49. The molecule has 1 aliphatic rings. The van der Waals surface area contributed by atoms with Gasteiger partial charge in [-0.15, -0.1) is 0 Å². The van der Waals surface area contributed by atoms with Crippen LogP contribution >= 0.6 is 0 Å². The maximum atomic E-state index is 13.1. The molecule has 7 heteroatoms. The Hall–Kier alpha value is -1.65. The van der Waals surface area contributed by atoms with Gasteiger partial charge < -0.3 is 5.32 Å². The lowest BCUT2D eigenvalue weighted by Crippen LogP contribution is -2.32. The summed E-state index contributed by atoms with van der Waals surface area (Å²) in [5, 5.41) is 12.4. The van der Waals surface area contributed by atoms with Crippen molar-refractivity contribution in [2.24, 2.45) is 0 Å². The van der Waals surface area contributed by atoms with Crippen molar-refractivity contribution in [1.29, 1.82) is 5.26 Å². The van der Waals surface area contributed by atoms with Gasteiger partial charge in [0.25, 0.3) is 0 Å². The van der Waals surface area contributed by atoms with Gasteiger partial charge in [-0.05, 0) is 30.7 Å². The molecule has 1 heterocycles. The first-order valence-electron chi connectivity index (χ1n) is 6.64. The number of halogens is 4. The van der Waals surface area contributed by atoms with Crippen molar-refractivity contribution in [2.45, 2.75) is 18.6 Å². The zero-order valence-electron chi connectivity index (χ0n) is 11.3. The molecular weight excluding hydrogens is 286 g/mol. The Bertz CT molecular complexity index is 528. The van der Waals surface area contributed by atoms with Crippen LogP contribution in [0.15, 0.2) is 18.2 Å². The normalized spacial score (nSPS) is 18.8. The summed E-state index contributed by atoms with van der Waals surface area (Å²) >= 11 is 0. The number of alkyl halides is 3. The number of nitrogens with zero attached hydrogens (tertiary/aromatic N) is 2. The first kappa shape index (κ1) is 15.7. The summed E-state index contributed by atoms with van der Waals surface area (Å²) in [5.74, 6) is -0.958. The topological polar surface area (TPSA) is 39.1 Å². The van der Waals surface area contributed by atoms with E-state index in [1.54, 1.807) is 4.90 Å². The zero-order valence-corrected chi connectivity index (χ0v) is 11.3. The van der Waals surface area contributed by atoms with E-state index in [1.165, 1.54) is 0 Å². The molecule has 1 N–H and O–H groups in total. The third kappa shape index (κ3) is 3.71. The molecular formula is C14H15F4N3. The summed E-state index contributed by atoms with van der Waals surface area (Å²) in [4.78, 5) is 1.70. The molecule has 1 aromatic rings. The van der Waals surface area contributed by atoms with Crippen molar-refractivity contribution < 1.29 is 17.6 Å². The Morgan fingerprint density at radius 2 is 2.00 bits per heavy atom. The number of nitriles is 1. The first-order valence-corrected chi connectivity index (χ1v) is 6.64. The lowest BCUT2D eigenvalue weighted by Gasteiger charge is -2.27. The maximum Gasteiger partial charge on any atom is 0.416 e. The van der Waals surface area contributed by atoms with Gasteiger partial charge in [0.1, 0.15) is 11.9 Å². The number of hydrogen-bond acceptors (Lipinski definition) is 3. The Morgan fingerprint density at radius 3 is 2.67 bits per heavy atom. The molecule has 0 spiro atoms. The fraction of sp³-hybridized carbons (Fsp3) is 0.500. The molecule has 1 atom stereocenters. The standard InChI is InChI=1S/C14H15F4N3/c15-10-2-3-11(12(8-10)14(16,17)18)13(9-19)21-6-1-4-20-5-7-21/h2-3,8,13,20H,1,4-7H2. The predicted octanol–water partition coefficient (Wildman–Crippen LogP) is 2.70. The van der Waals surface area contributed by atoms with Crippen molar-refractivity contribution >= 4 is 0 Å². The predicted molar refractivity (Wildman–Crippen MR) is 68.8 cm³/mol. The highest BCUT2D eigenvalue weighted by molar-refractivity contribution is 5.36. The summed E-state index contributed by atoms with van der Waals surface area (Å²) in [6.07, 6.45) is -3.93. The Balaban J connectivity index is 2.40. The maximum absolute atomic E-state index is 13.1. The van der Waals surface area contributed by atoms with Crippen LogP contribution in [-0.4, -0.2) is 31.1 Å². The number of rotatable bonds is 2. The van der Waals surface area contributed by atoms with E-state index in [9.17, 15) is 22.8 Å². The molecule has 2 rings (SSSR count). The molecule has 1 aromatic carbocycles. The van der Waals surface area contributed by atoms with Gasteiger partial charge in [-0.3, -0.25) is 4.90 Å². The van der Waals surface area contributed by atoms with E-state index >= 15 is 0 Å². The molecule has 1 aliphatic heterocycles. The Kier molecular flexibility index (Phi) is 4.80. The molecule has 1 unspecified atom stereocenters. The van der Waals surface area contributed by atoms with Gasteiger partial charge >= 0.3 is 6.18 Å². The molecule has 0 radical (unpaired) electrons. The molecule has 1 saturated heterocycles. The SMILES string of the molecule is N#CC(c1ccc(F)cc1C(F)(F)F)N1CCCNCC1. The highest BCUT2D eigenvalue weighted by Crippen LogP contribution is 2.36. The second-order valence-corrected chi connectivity index (χ2v) is 4.90. The monoisotopic (exact) mass is 301 g/mol. The zero-order chi connectivity index (χ0) is 15.5. The molecule has 1 fully saturated rings. The summed E-state index contributed by atoms with van der Waals surface area (Å²) in [5.41, 5.74) is -1.26. The average molecular weight is 301 g/mol. The van der Waals surface area contributed by atoms with Gasteiger partial charge in [-0.2, -0.15) is 18.4 Å². The lowest BCUT2D eigenvalue weighted by molar-refractivity contribution is -0.138. The van der Waals surface area contributed by atoms with Gasteiger partial charge in [-0.1, -0.05) is 6.07 Å². The minimum absolute atomic E-state index is 0.187. The first-order chi connectivity index (χ1) is 9.93. The Morgan fingerprint density at radius 1 is 1.24 bits per heavy atom. The van der Waals surface area contributed by atoms with Crippen molar-refractivity contribution in [2.75, 3.05) is 26.2 Å². The molecule has 0 bridgehead atoms. The smallest absolute Gasteiger partial charge is 0.315 e. The van der Waals surface area contributed by atoms with Gasteiger partial charge in [0.05, 0.1) is 11.6 Å². The number of hydrogen-bond donors (Lipinski definition) is 1. The van der Waals surface area contributed by atoms with Gasteiger partial charge in [-0.25, -0.2) is 4.39 Å². The van der Waals surface area contributed by atoms with Crippen LogP contribution in [0.1, 0.15) is 23.6 Å². The highest BCUT2D eigenvalue weighted by atomic mass is 19.4. The number of nitrogens with one attached hydrogen (secondary N) is 1. The minimum atomic E-state index is -4.68. The minimum Gasteiger partial charge on any atom is -0.315 e. The van der Waals surface area contributed by atoms with Crippen molar-refractivity contribution in [3.05, 3.63) is 35.1 Å². The van der Waals surface area contributed by atoms with Crippen molar-refractivity contribution in [3.63, 3.8) is 0 Å². The van der Waals surface area contributed by atoms with Gasteiger partial charge in [0.15, 0.2) is 0 Å². The summed E-state index contributed by atoms with van der Waals surface area (Å²) < 4.78 is 52.3. The van der Waals surface area contributed by atoms with Crippen LogP contribution in [0.2, 0.25) is 0 Å². The van der Waals surface area contributed by atoms with Crippen molar-refractivity contribution in [3.8, 4) is 6.07 Å². The molecule has 0 aliphatic carbocycles. The van der Waals surface area contributed by atoms with E-state index in [1.807, 2.05) is 6.07 Å². The number of benzene rings is 1. The molecule has 0 aromatic heterocycles. The summed E-state index contributed by atoms with van der Waals surface area (Å²) in [6.45, 7) is 2.39. The third-order valence-corrected chi connectivity index (χ3v) is 3.48. The molecule has 21 heavy (non-hydrogen) atoms. The van der Waals surface area contributed by atoms with E-state index in [2.05, 4.69) is 5.32 Å². The quantitative estimate of drug-likeness (QED) is 0.854. The average Bonchev–Trinajstić information content (AvgIpc) is 2.69. The van der Waals surface area contributed by atoms with Crippen molar-refractivity contribution in [1.82, 2.24) is 10.2 Å². The van der Waals surface area contributed by atoms with Gasteiger partial charge in [0, 0.05) is 19.6 Å². The van der Waals surface area contributed by atoms with Crippen LogP contribution in [0, 0.1) is 17.1 Å². The van der Waals surface area contributed by atoms with Crippen LogP contribution in [0.4, 0.5) is 17.6 Å². The fourth-order valence-corrected chi connectivity index (χ4v) is 2.49. The summed E-state index contributed by atoms with van der Waals surface area (Å²) in [7, 11) is 0. The highest BCUT2D eigenvalue weighted by Gasteiger charge is 2.37. The van der Waals surface area contributed by atoms with E-state index in [0.717, 1.165) is 25.1 Å². The molecule has 0 saturated carbocycles. The molecule has 3 nitrogen and oxygen atoms in total. The second-order valence-electron chi connectivity index (χ2n) is 4.90. The van der Waals surface area contributed by atoms with E-state index in [4.69, 9.17) is 0 Å². The lowest BCUT2D eigenvalue weighted by atomic mass is 9.99. The van der Waals surface area contributed by atoms with Crippen LogP contribution < -0.4 is 5.32 Å². The van der Waals surface area contributed by atoms with E-state index < -0.39 is 23.6 Å². The molecule has 114 valence electrons. The van der Waals surface area contributed by atoms with Crippen LogP contribution in [0.3, 0.4) is 0 Å². The van der Waals surface area contributed by atoms with Gasteiger partial charge in [0.2, 0.25) is 0 Å². The van der Waals surface area contributed by atoms with Crippen LogP contribution in [-0.2, 0) is 6.18 Å². The van der Waals surface area contributed by atoms with E-state index in [-0.39, 0.29) is 5.56 Å². The summed E-state index contributed by atoms with van der Waals surface area (Å²) in [6, 6.07) is 3.37. The second kappa shape index (κ2) is 6.41. The Labute approximate surface area is 120 Å². The largest absolute Gasteiger partial charge is 0.416 e. The third-order valence-electron chi connectivity index (χ3n) is 3.48. The van der Waals surface area contributed by atoms with Crippen LogP contribution in [0.5, 0.6) is 0 Å². The van der Waals surface area contributed by atoms with E-state index in [0.29, 0.717) is 25.7 Å².